The van der Waals surface area contributed by atoms with Gasteiger partial charge in [-0.2, -0.15) is 0 Å². The minimum atomic E-state index is -0.607. The highest BCUT2D eigenvalue weighted by Crippen LogP contribution is 2.35. The molecule has 2 fully saturated rings. The highest BCUT2D eigenvalue weighted by atomic mass is 16.5. The molecular weight excluding hydrogens is 380 g/mol. The Balaban J connectivity index is 1.49. The zero-order valence-electron chi connectivity index (χ0n) is 18.6. The summed E-state index contributed by atoms with van der Waals surface area (Å²) >= 11 is 0. The lowest BCUT2D eigenvalue weighted by molar-refractivity contribution is 0.0289. The molecule has 0 amide bonds. The van der Waals surface area contributed by atoms with Crippen molar-refractivity contribution in [2.45, 2.75) is 69.9 Å². The van der Waals surface area contributed by atoms with E-state index in [0.29, 0.717) is 23.6 Å². The van der Waals surface area contributed by atoms with Crippen LogP contribution in [0, 0.1) is 0 Å². The van der Waals surface area contributed by atoms with E-state index in [9.17, 15) is 9.90 Å². The minimum Gasteiger partial charge on any atom is -0.493 e. The molecule has 6 nitrogen and oxygen atoms in total. The number of ketones is 1. The number of benzene rings is 1. The molecule has 1 heterocycles. The number of Topliss-reactive ketones (excluding diaryl/α,β-unsaturated/α-hetero) is 1. The fourth-order valence-electron chi connectivity index (χ4n) is 4.91. The molecule has 1 saturated heterocycles. The fraction of sp³-hybridized carbons (Fsp3) is 0.708. The van der Waals surface area contributed by atoms with Gasteiger partial charge in [0.1, 0.15) is 12.7 Å². The van der Waals surface area contributed by atoms with Crippen molar-refractivity contribution in [1.29, 1.82) is 0 Å². The molecule has 2 N–H and O–H groups in total. The summed E-state index contributed by atoms with van der Waals surface area (Å²) in [6.45, 7) is 5.56. The van der Waals surface area contributed by atoms with Gasteiger partial charge in [0.15, 0.2) is 17.3 Å². The summed E-state index contributed by atoms with van der Waals surface area (Å²) in [5, 5.41) is 14.0. The van der Waals surface area contributed by atoms with Crippen molar-refractivity contribution < 1.29 is 19.4 Å². The standard InChI is InChI=1S/C24H38N2O4/c1-19(27)20-9-10-22(23(15-20)29-2)30-17-21(28)16-25-18-24(11-5-3-6-12-24)26-13-7-4-8-14-26/h9-10,15,21,25,28H,3-8,11-14,16-18H2,1-2H3/t21-/m1/s1. The molecule has 1 aliphatic heterocycles. The number of carbonyl (C=O) groups is 1. The molecule has 168 valence electrons. The summed E-state index contributed by atoms with van der Waals surface area (Å²) in [7, 11) is 1.55. The lowest BCUT2D eigenvalue weighted by Gasteiger charge is -2.48. The largest absolute Gasteiger partial charge is 0.493 e. The Morgan fingerprint density at radius 1 is 1.13 bits per heavy atom. The Labute approximate surface area is 180 Å². The Morgan fingerprint density at radius 2 is 1.83 bits per heavy atom. The van der Waals surface area contributed by atoms with E-state index >= 15 is 0 Å². The van der Waals surface area contributed by atoms with E-state index in [-0.39, 0.29) is 17.9 Å². The molecule has 30 heavy (non-hydrogen) atoms. The Kier molecular flexibility index (Phi) is 8.54. The molecule has 1 atom stereocenters. The predicted octanol–water partition coefficient (Wildman–Crippen LogP) is 3.42. The number of hydrogen-bond donors (Lipinski definition) is 2. The van der Waals surface area contributed by atoms with Crippen LogP contribution in [0.4, 0.5) is 0 Å². The third-order valence-corrected chi connectivity index (χ3v) is 6.65. The number of carbonyl (C=O) groups excluding carboxylic acids is 1. The van der Waals surface area contributed by atoms with Gasteiger partial charge in [-0.3, -0.25) is 9.69 Å². The van der Waals surface area contributed by atoms with Crippen LogP contribution in [0.2, 0.25) is 0 Å². The summed E-state index contributed by atoms with van der Waals surface area (Å²) in [4.78, 5) is 14.2. The van der Waals surface area contributed by atoms with Gasteiger partial charge in [-0.1, -0.05) is 25.7 Å². The molecule has 0 unspecified atom stereocenters. The van der Waals surface area contributed by atoms with E-state index in [1.54, 1.807) is 25.3 Å². The lowest BCUT2D eigenvalue weighted by atomic mass is 9.79. The number of piperidine rings is 1. The van der Waals surface area contributed by atoms with Crippen molar-refractivity contribution in [3.05, 3.63) is 23.8 Å². The first-order valence-corrected chi connectivity index (χ1v) is 11.5. The second-order valence-electron chi connectivity index (χ2n) is 8.85. The monoisotopic (exact) mass is 418 g/mol. The Hall–Kier alpha value is -1.63. The highest BCUT2D eigenvalue weighted by Gasteiger charge is 2.38. The van der Waals surface area contributed by atoms with Gasteiger partial charge in [0.2, 0.25) is 0 Å². The van der Waals surface area contributed by atoms with Crippen LogP contribution in [0.1, 0.15) is 68.6 Å². The average Bonchev–Trinajstić information content (AvgIpc) is 2.78. The van der Waals surface area contributed by atoms with Crippen LogP contribution < -0.4 is 14.8 Å². The molecule has 0 radical (unpaired) electrons. The molecule has 1 aliphatic carbocycles. The Bertz CT molecular complexity index is 682. The van der Waals surface area contributed by atoms with E-state index in [1.165, 1.54) is 71.4 Å². The predicted molar refractivity (Wildman–Crippen MR) is 119 cm³/mol. The summed E-state index contributed by atoms with van der Waals surface area (Å²) in [5.74, 6) is 1.03. The summed E-state index contributed by atoms with van der Waals surface area (Å²) in [5.41, 5.74) is 0.835. The Morgan fingerprint density at radius 3 is 2.50 bits per heavy atom. The number of nitrogens with one attached hydrogen (secondary N) is 1. The number of likely N-dealkylation sites (tertiary alicyclic amines) is 1. The van der Waals surface area contributed by atoms with E-state index < -0.39 is 6.10 Å². The molecular formula is C24H38N2O4. The van der Waals surface area contributed by atoms with Crippen molar-refractivity contribution in [3.63, 3.8) is 0 Å². The van der Waals surface area contributed by atoms with Gasteiger partial charge < -0.3 is 19.9 Å². The zero-order chi connectivity index (χ0) is 21.4. The van der Waals surface area contributed by atoms with Crippen LogP contribution in [0.15, 0.2) is 18.2 Å². The van der Waals surface area contributed by atoms with Crippen LogP contribution in [0.3, 0.4) is 0 Å². The molecule has 1 aromatic carbocycles. The van der Waals surface area contributed by atoms with E-state index in [4.69, 9.17) is 9.47 Å². The van der Waals surface area contributed by atoms with E-state index in [1.807, 2.05) is 0 Å². The molecule has 1 aromatic rings. The second kappa shape index (κ2) is 11.1. The van der Waals surface area contributed by atoms with E-state index in [2.05, 4.69) is 10.2 Å². The van der Waals surface area contributed by atoms with Crippen molar-refractivity contribution in [3.8, 4) is 11.5 Å². The maximum atomic E-state index is 11.5. The maximum absolute atomic E-state index is 11.5. The van der Waals surface area contributed by atoms with Crippen molar-refractivity contribution in [1.82, 2.24) is 10.2 Å². The first-order chi connectivity index (χ1) is 14.5. The molecule has 1 saturated carbocycles. The van der Waals surface area contributed by atoms with Gasteiger partial charge in [0.25, 0.3) is 0 Å². The van der Waals surface area contributed by atoms with Gasteiger partial charge in [-0.15, -0.1) is 0 Å². The molecule has 0 spiro atoms. The highest BCUT2D eigenvalue weighted by molar-refractivity contribution is 5.94. The smallest absolute Gasteiger partial charge is 0.161 e. The summed E-state index contributed by atoms with van der Waals surface area (Å²) in [6, 6.07) is 5.12. The number of methoxy groups -OCH3 is 1. The number of hydrogen-bond acceptors (Lipinski definition) is 6. The van der Waals surface area contributed by atoms with Crippen LogP contribution in [0.5, 0.6) is 11.5 Å². The third-order valence-electron chi connectivity index (χ3n) is 6.65. The maximum Gasteiger partial charge on any atom is 0.161 e. The normalized spacial score (nSPS) is 20.5. The number of ether oxygens (including phenoxy) is 2. The molecule has 2 aliphatic rings. The van der Waals surface area contributed by atoms with Gasteiger partial charge >= 0.3 is 0 Å². The van der Waals surface area contributed by atoms with Crippen molar-refractivity contribution in [2.75, 3.05) is 39.9 Å². The van der Waals surface area contributed by atoms with Gasteiger partial charge in [0, 0.05) is 24.2 Å². The van der Waals surface area contributed by atoms with Crippen LogP contribution in [0.25, 0.3) is 0 Å². The lowest BCUT2D eigenvalue weighted by Crippen LogP contribution is -2.58. The number of aliphatic hydroxyl groups excluding tert-OH is 1. The first kappa shape index (κ1) is 23.0. The molecule has 3 rings (SSSR count). The average molecular weight is 419 g/mol. The number of aliphatic hydroxyl groups is 1. The van der Waals surface area contributed by atoms with Crippen LogP contribution in [-0.2, 0) is 0 Å². The quantitative estimate of drug-likeness (QED) is 0.568. The van der Waals surface area contributed by atoms with Crippen molar-refractivity contribution in [2.24, 2.45) is 0 Å². The van der Waals surface area contributed by atoms with Crippen molar-refractivity contribution >= 4 is 5.78 Å². The summed E-state index contributed by atoms with van der Waals surface area (Å²) in [6.07, 6.45) is 9.83. The van der Waals surface area contributed by atoms with Crippen LogP contribution >= 0.6 is 0 Å². The first-order valence-electron chi connectivity index (χ1n) is 11.5. The topological polar surface area (TPSA) is 71.0 Å². The SMILES string of the molecule is COc1cc(C(C)=O)ccc1OC[C@H](O)CNCC1(N2CCCCC2)CCCCC1. The number of nitrogens with zero attached hydrogens (tertiary/aromatic N) is 1. The molecule has 0 aromatic heterocycles. The molecule has 0 bridgehead atoms. The van der Waals surface area contributed by atoms with Gasteiger partial charge in [0.05, 0.1) is 7.11 Å². The van der Waals surface area contributed by atoms with E-state index in [0.717, 1.165) is 6.54 Å². The molecule has 6 heteroatoms. The summed E-state index contributed by atoms with van der Waals surface area (Å²) < 4.78 is 11.1. The second-order valence-corrected chi connectivity index (χ2v) is 8.85. The fourth-order valence-corrected chi connectivity index (χ4v) is 4.91. The minimum absolute atomic E-state index is 0.0190. The van der Waals surface area contributed by atoms with Crippen LogP contribution in [-0.4, -0.2) is 67.3 Å². The third kappa shape index (κ3) is 5.96. The van der Waals surface area contributed by atoms with Gasteiger partial charge in [-0.25, -0.2) is 0 Å². The van der Waals surface area contributed by atoms with Gasteiger partial charge in [-0.05, 0) is 63.9 Å². The zero-order valence-corrected chi connectivity index (χ0v) is 18.6. The number of rotatable bonds is 10.